The molecule has 13 aromatic rings. The molecule has 53 heavy (non-hydrogen) atoms. The summed E-state index contributed by atoms with van der Waals surface area (Å²) in [5.41, 5.74) is 11.1. The van der Waals surface area contributed by atoms with Crippen LogP contribution in [0.15, 0.2) is 176 Å². The van der Waals surface area contributed by atoms with Crippen LogP contribution in [0, 0.1) is 0 Å². The minimum atomic E-state index is 1.22. The Morgan fingerprint density at radius 3 is 0.981 bits per heavy atom. The van der Waals surface area contributed by atoms with E-state index < -0.39 is 0 Å². The Hall–Kier alpha value is -7.10. The Balaban J connectivity index is 1.29. The van der Waals surface area contributed by atoms with Gasteiger partial charge in [0, 0.05) is 53.9 Å². The maximum atomic E-state index is 2.57. The van der Waals surface area contributed by atoms with E-state index in [1.54, 1.807) is 0 Å². The Morgan fingerprint density at radius 1 is 0.264 bits per heavy atom. The predicted molar refractivity (Wildman–Crippen MR) is 225 cm³/mol. The average molecular weight is 672 g/mol. The van der Waals surface area contributed by atoms with Gasteiger partial charge in [0.2, 0.25) is 0 Å². The number of benzene rings is 9. The molecule has 0 saturated carbocycles. The van der Waals surface area contributed by atoms with Gasteiger partial charge in [-0.25, -0.2) is 0 Å². The highest BCUT2D eigenvalue weighted by molar-refractivity contribution is 6.31. The fourth-order valence-electron chi connectivity index (χ4n) is 9.86. The molecule has 0 aliphatic rings. The third-order valence-corrected chi connectivity index (χ3v) is 11.9. The topological polar surface area (TPSA) is 14.3 Å². The lowest BCUT2D eigenvalue weighted by Gasteiger charge is -2.16. The molecule has 244 valence electrons. The molecule has 0 aliphatic heterocycles. The monoisotopic (exact) mass is 671 g/mol. The molecule has 0 aliphatic carbocycles. The summed E-state index contributed by atoms with van der Waals surface area (Å²) in [6.45, 7) is 0. The summed E-state index contributed by atoms with van der Waals surface area (Å²) >= 11 is 0. The van der Waals surface area contributed by atoms with Crippen molar-refractivity contribution in [2.45, 2.75) is 0 Å². The largest absolute Gasteiger partial charge is 0.308 e. The first-order chi connectivity index (χ1) is 26.3. The molecule has 3 heteroatoms. The van der Waals surface area contributed by atoms with Crippen LogP contribution in [0.3, 0.4) is 0 Å². The van der Waals surface area contributed by atoms with Crippen molar-refractivity contribution in [3.05, 3.63) is 176 Å². The molecule has 4 aromatic heterocycles. The number of para-hydroxylation sites is 5. The molecule has 13 rings (SSSR count). The second kappa shape index (κ2) is 9.81. The SMILES string of the molecule is c1ccc2c(-n3c4ccccc4c4ccccc43)c3c4cccc5c6c(-n7c8ccccc8c8ccccc87)c7ccccc7cc6n(c3cc2c1)c45. The quantitative estimate of drug-likeness (QED) is 0.174. The van der Waals surface area contributed by atoms with Gasteiger partial charge in [0.15, 0.2) is 0 Å². The van der Waals surface area contributed by atoms with Crippen molar-refractivity contribution in [2.24, 2.45) is 0 Å². The number of rotatable bonds is 2. The van der Waals surface area contributed by atoms with Crippen LogP contribution >= 0.6 is 0 Å². The number of hydrogen-bond donors (Lipinski definition) is 0. The van der Waals surface area contributed by atoms with E-state index in [1.807, 2.05) is 0 Å². The summed E-state index contributed by atoms with van der Waals surface area (Å²) in [4.78, 5) is 0. The Kier molecular flexibility index (Phi) is 5.11. The summed E-state index contributed by atoms with van der Waals surface area (Å²) in [6, 6.07) is 65.1. The van der Waals surface area contributed by atoms with Gasteiger partial charge in [0.25, 0.3) is 0 Å². The summed E-state index contributed by atoms with van der Waals surface area (Å²) in [5.74, 6) is 0. The molecule has 0 saturated heterocycles. The molecule has 9 aromatic carbocycles. The van der Waals surface area contributed by atoms with Gasteiger partial charge < -0.3 is 13.5 Å². The van der Waals surface area contributed by atoms with Crippen LogP contribution in [0.1, 0.15) is 0 Å². The van der Waals surface area contributed by atoms with Crippen LogP contribution in [0.25, 0.3) is 115 Å². The van der Waals surface area contributed by atoms with Crippen molar-refractivity contribution in [3.63, 3.8) is 0 Å². The van der Waals surface area contributed by atoms with Crippen molar-refractivity contribution < 1.29 is 0 Å². The lowest BCUT2D eigenvalue weighted by Crippen LogP contribution is -1.98. The minimum Gasteiger partial charge on any atom is -0.308 e. The van der Waals surface area contributed by atoms with E-state index in [2.05, 4.69) is 189 Å². The Bertz CT molecular complexity index is 3340. The molecule has 0 N–H and O–H groups in total. The zero-order chi connectivity index (χ0) is 34.4. The minimum absolute atomic E-state index is 1.22. The second-order valence-corrected chi connectivity index (χ2v) is 14.5. The Morgan fingerprint density at radius 2 is 0.585 bits per heavy atom. The first-order valence-electron chi connectivity index (χ1n) is 18.4. The van der Waals surface area contributed by atoms with Gasteiger partial charge in [-0.15, -0.1) is 0 Å². The molecule has 4 heterocycles. The van der Waals surface area contributed by atoms with E-state index in [9.17, 15) is 0 Å². The van der Waals surface area contributed by atoms with E-state index >= 15 is 0 Å². The van der Waals surface area contributed by atoms with Gasteiger partial charge in [-0.2, -0.15) is 0 Å². The van der Waals surface area contributed by atoms with Crippen LogP contribution in [0.5, 0.6) is 0 Å². The van der Waals surface area contributed by atoms with E-state index in [0.717, 1.165) is 0 Å². The van der Waals surface area contributed by atoms with E-state index in [-0.39, 0.29) is 0 Å². The third-order valence-electron chi connectivity index (χ3n) is 11.9. The maximum absolute atomic E-state index is 2.57. The van der Waals surface area contributed by atoms with Crippen molar-refractivity contribution in [3.8, 4) is 11.4 Å². The van der Waals surface area contributed by atoms with Gasteiger partial charge in [-0.1, -0.05) is 140 Å². The van der Waals surface area contributed by atoms with Crippen molar-refractivity contribution in [1.82, 2.24) is 13.5 Å². The lowest BCUT2D eigenvalue weighted by molar-refractivity contribution is 1.21. The molecular weight excluding hydrogens is 643 g/mol. The molecule has 3 nitrogen and oxygen atoms in total. The van der Waals surface area contributed by atoms with Crippen molar-refractivity contribution in [2.75, 3.05) is 0 Å². The predicted octanol–water partition coefficient (Wildman–Crippen LogP) is 13.3. The Labute approximate surface area is 303 Å². The van der Waals surface area contributed by atoms with Crippen molar-refractivity contribution >= 4 is 103 Å². The summed E-state index contributed by atoms with van der Waals surface area (Å²) < 4.78 is 7.62. The number of fused-ring (bicyclic) bond motifs is 14. The summed E-state index contributed by atoms with van der Waals surface area (Å²) in [6.07, 6.45) is 0. The van der Waals surface area contributed by atoms with Crippen LogP contribution in [-0.4, -0.2) is 13.5 Å². The highest BCUT2D eigenvalue weighted by Crippen LogP contribution is 2.49. The molecule has 0 atom stereocenters. The molecule has 0 bridgehead atoms. The number of nitrogens with zero attached hydrogens (tertiary/aromatic N) is 3. The van der Waals surface area contributed by atoms with E-state index in [0.29, 0.717) is 0 Å². The zero-order valence-electron chi connectivity index (χ0n) is 28.6. The van der Waals surface area contributed by atoms with Crippen LogP contribution in [-0.2, 0) is 0 Å². The van der Waals surface area contributed by atoms with E-state index in [4.69, 9.17) is 0 Å². The molecule has 0 amide bonds. The standard InChI is InChI=1S/C50H29N3/c1-3-16-32-30(14-1)28-44-46(49(32)51-40-24-9-5-18-34(40)35-19-6-10-25-41(35)51)38-22-13-23-39-47-45(53(44)48(38)39)29-31-15-2-4-17-33(31)50(47)52-42-26-11-7-20-36(42)37-21-8-12-27-43(37)52/h1-29H. The second-order valence-electron chi connectivity index (χ2n) is 14.5. The molecular formula is C50H29N3. The molecule has 0 fully saturated rings. The zero-order valence-corrected chi connectivity index (χ0v) is 28.6. The van der Waals surface area contributed by atoms with E-state index in [1.165, 1.54) is 115 Å². The summed E-state index contributed by atoms with van der Waals surface area (Å²) in [5, 5.41) is 15.2. The first-order valence-corrected chi connectivity index (χ1v) is 18.4. The van der Waals surface area contributed by atoms with Gasteiger partial charge in [0.1, 0.15) is 0 Å². The first kappa shape index (κ1) is 27.6. The summed E-state index contributed by atoms with van der Waals surface area (Å²) in [7, 11) is 0. The smallest absolute Gasteiger partial charge is 0.0640 e. The normalized spacial score (nSPS) is 12.5. The fourth-order valence-corrected chi connectivity index (χ4v) is 9.86. The van der Waals surface area contributed by atoms with Crippen LogP contribution in [0.2, 0.25) is 0 Å². The van der Waals surface area contributed by atoms with Crippen molar-refractivity contribution in [1.29, 1.82) is 0 Å². The molecule has 0 spiro atoms. The number of aromatic nitrogens is 3. The lowest BCUT2D eigenvalue weighted by atomic mass is 9.99. The average Bonchev–Trinajstić information content (AvgIpc) is 3.94. The maximum Gasteiger partial charge on any atom is 0.0640 e. The molecule has 0 radical (unpaired) electrons. The van der Waals surface area contributed by atoms with Gasteiger partial charge >= 0.3 is 0 Å². The van der Waals surface area contributed by atoms with Crippen LogP contribution < -0.4 is 0 Å². The molecule has 0 unspecified atom stereocenters. The van der Waals surface area contributed by atoms with Crippen LogP contribution in [0.4, 0.5) is 0 Å². The fraction of sp³-hybridized carbons (Fsp3) is 0. The number of hydrogen-bond acceptors (Lipinski definition) is 0. The van der Waals surface area contributed by atoms with Gasteiger partial charge in [-0.05, 0) is 47.2 Å². The van der Waals surface area contributed by atoms with Gasteiger partial charge in [0.05, 0.1) is 50.0 Å². The van der Waals surface area contributed by atoms with Gasteiger partial charge in [-0.3, -0.25) is 0 Å². The third kappa shape index (κ3) is 3.36. The highest BCUT2D eigenvalue weighted by atomic mass is 15.0. The highest BCUT2D eigenvalue weighted by Gasteiger charge is 2.27.